The smallest absolute Gasteiger partial charge is 0.150 e. The summed E-state index contributed by atoms with van der Waals surface area (Å²) < 4.78 is 19.9. The maximum atomic E-state index is 13.8. The van der Waals surface area contributed by atoms with Gasteiger partial charge in [-0.05, 0) is 39.7 Å². The van der Waals surface area contributed by atoms with Gasteiger partial charge in [0.05, 0.1) is 16.3 Å². The molecule has 4 heteroatoms. The van der Waals surface area contributed by atoms with Gasteiger partial charge in [0.1, 0.15) is 5.82 Å². The van der Waals surface area contributed by atoms with Gasteiger partial charge in [0.2, 0.25) is 0 Å². The van der Waals surface area contributed by atoms with Gasteiger partial charge in [0.15, 0.2) is 5.76 Å². The number of furan rings is 1. The second-order valence-electron chi connectivity index (χ2n) is 4.45. The SMILES string of the molecule is CC(C)NCc1ccc(F)c(-c2occc2Br)c1. The molecule has 0 bridgehead atoms. The molecule has 18 heavy (non-hydrogen) atoms. The summed E-state index contributed by atoms with van der Waals surface area (Å²) in [5.74, 6) is 0.248. The van der Waals surface area contributed by atoms with Gasteiger partial charge in [-0.25, -0.2) is 4.39 Å². The zero-order chi connectivity index (χ0) is 13.1. The lowest BCUT2D eigenvalue weighted by molar-refractivity contribution is 0.566. The lowest BCUT2D eigenvalue weighted by atomic mass is 10.1. The van der Waals surface area contributed by atoms with Crippen LogP contribution >= 0.6 is 15.9 Å². The van der Waals surface area contributed by atoms with Crippen LogP contribution in [0.25, 0.3) is 11.3 Å². The van der Waals surface area contributed by atoms with E-state index in [4.69, 9.17) is 4.42 Å². The zero-order valence-corrected chi connectivity index (χ0v) is 11.9. The van der Waals surface area contributed by atoms with Gasteiger partial charge in [-0.3, -0.25) is 0 Å². The van der Waals surface area contributed by atoms with Gasteiger partial charge in [-0.2, -0.15) is 0 Å². The molecule has 2 nitrogen and oxygen atoms in total. The van der Waals surface area contributed by atoms with E-state index in [9.17, 15) is 4.39 Å². The predicted molar refractivity (Wildman–Crippen MR) is 73.8 cm³/mol. The van der Waals surface area contributed by atoms with Gasteiger partial charge in [-0.1, -0.05) is 19.9 Å². The molecule has 1 heterocycles. The molecule has 0 saturated heterocycles. The van der Waals surface area contributed by atoms with Gasteiger partial charge < -0.3 is 9.73 Å². The average molecular weight is 312 g/mol. The number of halogens is 2. The first-order valence-electron chi connectivity index (χ1n) is 5.83. The zero-order valence-electron chi connectivity index (χ0n) is 10.3. The van der Waals surface area contributed by atoms with Crippen LogP contribution in [0.2, 0.25) is 0 Å². The van der Waals surface area contributed by atoms with Gasteiger partial charge in [-0.15, -0.1) is 0 Å². The van der Waals surface area contributed by atoms with Crippen LogP contribution in [0.15, 0.2) is 39.4 Å². The van der Waals surface area contributed by atoms with E-state index in [-0.39, 0.29) is 5.82 Å². The van der Waals surface area contributed by atoms with Crippen molar-refractivity contribution in [3.8, 4) is 11.3 Å². The van der Waals surface area contributed by atoms with Crippen molar-refractivity contribution in [3.63, 3.8) is 0 Å². The van der Waals surface area contributed by atoms with E-state index in [1.807, 2.05) is 6.07 Å². The lowest BCUT2D eigenvalue weighted by Gasteiger charge is -2.09. The van der Waals surface area contributed by atoms with Gasteiger partial charge >= 0.3 is 0 Å². The molecule has 2 aromatic rings. The lowest BCUT2D eigenvalue weighted by Crippen LogP contribution is -2.21. The van der Waals surface area contributed by atoms with Crippen molar-refractivity contribution in [2.75, 3.05) is 0 Å². The van der Waals surface area contributed by atoms with E-state index in [0.29, 0.717) is 23.9 Å². The molecule has 0 radical (unpaired) electrons. The second-order valence-corrected chi connectivity index (χ2v) is 5.30. The van der Waals surface area contributed by atoms with Crippen LogP contribution in [0.4, 0.5) is 4.39 Å². The molecule has 0 aliphatic heterocycles. The quantitative estimate of drug-likeness (QED) is 0.908. The van der Waals surface area contributed by atoms with Crippen LogP contribution < -0.4 is 5.32 Å². The molecule has 0 spiro atoms. The number of hydrogen-bond acceptors (Lipinski definition) is 2. The standard InChI is InChI=1S/C14H15BrFNO/c1-9(2)17-8-10-3-4-13(16)11(7-10)14-12(15)5-6-18-14/h3-7,9,17H,8H2,1-2H3. The van der Waals surface area contributed by atoms with Crippen LogP contribution in [0, 0.1) is 5.82 Å². The number of hydrogen-bond donors (Lipinski definition) is 1. The van der Waals surface area contributed by atoms with E-state index in [2.05, 4.69) is 35.1 Å². The van der Waals surface area contributed by atoms with Crippen molar-refractivity contribution in [1.82, 2.24) is 5.32 Å². The second kappa shape index (κ2) is 5.67. The van der Waals surface area contributed by atoms with E-state index in [0.717, 1.165) is 10.0 Å². The number of benzene rings is 1. The summed E-state index contributed by atoms with van der Waals surface area (Å²) in [7, 11) is 0. The molecule has 0 atom stereocenters. The Labute approximate surface area is 114 Å². The van der Waals surface area contributed by atoms with Gasteiger partial charge in [0.25, 0.3) is 0 Å². The van der Waals surface area contributed by atoms with Crippen molar-refractivity contribution in [1.29, 1.82) is 0 Å². The first-order valence-corrected chi connectivity index (χ1v) is 6.62. The van der Waals surface area contributed by atoms with E-state index in [1.165, 1.54) is 12.3 Å². The molecule has 0 fully saturated rings. The maximum Gasteiger partial charge on any atom is 0.150 e. The summed E-state index contributed by atoms with van der Waals surface area (Å²) in [6.07, 6.45) is 1.54. The van der Waals surface area contributed by atoms with Crippen molar-refractivity contribution in [2.24, 2.45) is 0 Å². The third-order valence-electron chi connectivity index (χ3n) is 2.61. The van der Waals surface area contributed by atoms with Crippen molar-refractivity contribution in [3.05, 3.63) is 46.4 Å². The summed E-state index contributed by atoms with van der Waals surface area (Å²) >= 11 is 3.35. The Balaban J connectivity index is 2.30. The van der Waals surface area contributed by atoms with Crippen molar-refractivity contribution in [2.45, 2.75) is 26.4 Å². The molecular formula is C14H15BrFNO. The first kappa shape index (κ1) is 13.3. The van der Waals surface area contributed by atoms with Crippen LogP contribution in [0.3, 0.4) is 0 Å². The van der Waals surface area contributed by atoms with Crippen LogP contribution in [0.5, 0.6) is 0 Å². The summed E-state index contributed by atoms with van der Waals surface area (Å²) in [5, 5.41) is 3.30. The fourth-order valence-corrected chi connectivity index (χ4v) is 2.08. The van der Waals surface area contributed by atoms with Crippen molar-refractivity contribution < 1.29 is 8.81 Å². The minimum atomic E-state index is -0.279. The Hall–Kier alpha value is -1.13. The molecule has 0 amide bonds. The number of rotatable bonds is 4. The third-order valence-corrected chi connectivity index (χ3v) is 3.23. The summed E-state index contributed by atoms with van der Waals surface area (Å²) in [6, 6.07) is 7.23. The highest BCUT2D eigenvalue weighted by Crippen LogP contribution is 2.31. The molecule has 1 N–H and O–H groups in total. The Kier molecular flexibility index (Phi) is 4.19. The van der Waals surface area contributed by atoms with E-state index < -0.39 is 0 Å². The molecule has 2 rings (SSSR count). The van der Waals surface area contributed by atoms with Crippen LogP contribution in [-0.2, 0) is 6.54 Å². The summed E-state index contributed by atoms with van der Waals surface area (Å²) in [4.78, 5) is 0. The fourth-order valence-electron chi connectivity index (χ4n) is 1.66. The normalized spacial score (nSPS) is 11.2. The monoisotopic (exact) mass is 311 g/mol. The average Bonchev–Trinajstić information content (AvgIpc) is 2.74. The molecule has 96 valence electrons. The molecule has 1 aromatic carbocycles. The third kappa shape index (κ3) is 3.00. The highest BCUT2D eigenvalue weighted by molar-refractivity contribution is 9.10. The van der Waals surface area contributed by atoms with Crippen LogP contribution in [-0.4, -0.2) is 6.04 Å². The maximum absolute atomic E-state index is 13.8. The van der Waals surface area contributed by atoms with E-state index >= 15 is 0 Å². The Bertz CT molecular complexity index is 536. The minimum absolute atomic E-state index is 0.279. The largest absolute Gasteiger partial charge is 0.463 e. The molecule has 1 aromatic heterocycles. The highest BCUT2D eigenvalue weighted by atomic mass is 79.9. The molecular weight excluding hydrogens is 297 g/mol. The Morgan fingerprint density at radius 1 is 1.33 bits per heavy atom. The summed E-state index contributed by atoms with van der Waals surface area (Å²) in [6.45, 7) is 4.87. The Morgan fingerprint density at radius 2 is 2.11 bits per heavy atom. The van der Waals surface area contributed by atoms with E-state index in [1.54, 1.807) is 12.1 Å². The molecule has 0 aliphatic rings. The van der Waals surface area contributed by atoms with Crippen LogP contribution in [0.1, 0.15) is 19.4 Å². The number of nitrogens with one attached hydrogen (secondary N) is 1. The molecule has 0 aliphatic carbocycles. The molecule has 0 saturated carbocycles. The summed E-state index contributed by atoms with van der Waals surface area (Å²) in [5.41, 5.74) is 1.51. The predicted octanol–water partition coefficient (Wildman–Crippen LogP) is 4.35. The van der Waals surface area contributed by atoms with Gasteiger partial charge in [0, 0.05) is 12.6 Å². The molecule has 0 unspecified atom stereocenters. The first-order chi connectivity index (χ1) is 8.58. The fraction of sp³-hybridized carbons (Fsp3) is 0.286. The Morgan fingerprint density at radius 3 is 2.72 bits per heavy atom. The van der Waals surface area contributed by atoms with Crippen molar-refractivity contribution >= 4 is 15.9 Å². The topological polar surface area (TPSA) is 25.2 Å². The highest BCUT2D eigenvalue weighted by Gasteiger charge is 2.12. The minimum Gasteiger partial charge on any atom is -0.463 e.